The lowest BCUT2D eigenvalue weighted by Crippen LogP contribution is -1.90. The number of allylic oxidation sites excluding steroid dienone is 4. The van der Waals surface area contributed by atoms with Crippen molar-refractivity contribution in [2.75, 3.05) is 5.32 Å². The summed E-state index contributed by atoms with van der Waals surface area (Å²) in [5, 5.41) is 4.28. The molecule has 0 saturated heterocycles. The van der Waals surface area contributed by atoms with E-state index in [4.69, 9.17) is 16.0 Å². The molecule has 0 radical (unpaired) electrons. The monoisotopic (exact) mass is 387 g/mol. The molecule has 0 saturated carbocycles. The standard InChI is InChI=1S/C18H18ClN3O.2C2H6/c1-3-13(8-7-12(2)19)17-11-21-18(23-17)22-16-6-4-5-15-14(16)9-10-20-15;2*1-2/h3-12,20H,1-2H3,(H,21,22);2*1-2H3/b8-7-,13-3+;;. The molecule has 27 heavy (non-hydrogen) atoms. The van der Waals surface area contributed by atoms with Crippen molar-refractivity contribution in [2.45, 2.75) is 46.9 Å². The summed E-state index contributed by atoms with van der Waals surface area (Å²) in [6, 6.07) is 8.47. The SMILES string of the molecule is C/C=C(\C=C/C(C)Cl)c1cnc(Nc2cccc3[nH]ccc23)o1.CC.CC. The average Bonchev–Trinajstić information content (AvgIpc) is 3.36. The molecule has 0 aliphatic rings. The Bertz CT molecular complexity index is 859. The molecule has 2 N–H and O–H groups in total. The second-order valence-electron chi connectivity index (χ2n) is 5.18. The molecule has 2 heterocycles. The van der Waals surface area contributed by atoms with Crippen molar-refractivity contribution in [1.82, 2.24) is 9.97 Å². The number of hydrogen-bond acceptors (Lipinski definition) is 3. The largest absolute Gasteiger partial charge is 0.423 e. The summed E-state index contributed by atoms with van der Waals surface area (Å²) in [6.45, 7) is 11.9. The number of alkyl halides is 1. The second kappa shape index (κ2) is 12.0. The Morgan fingerprint density at radius 1 is 1.22 bits per heavy atom. The van der Waals surface area contributed by atoms with Crippen LogP contribution < -0.4 is 5.32 Å². The number of fused-ring (bicyclic) bond motifs is 1. The lowest BCUT2D eigenvalue weighted by molar-refractivity contribution is 0.565. The van der Waals surface area contributed by atoms with Gasteiger partial charge in [-0.1, -0.05) is 52.0 Å². The van der Waals surface area contributed by atoms with Crippen molar-refractivity contribution >= 4 is 39.8 Å². The lowest BCUT2D eigenvalue weighted by Gasteiger charge is -2.03. The van der Waals surface area contributed by atoms with Crippen molar-refractivity contribution in [1.29, 1.82) is 0 Å². The maximum absolute atomic E-state index is 5.95. The lowest BCUT2D eigenvalue weighted by atomic mass is 10.2. The Kier molecular flexibility index (Phi) is 10.1. The molecule has 5 heteroatoms. The summed E-state index contributed by atoms with van der Waals surface area (Å²) in [7, 11) is 0. The van der Waals surface area contributed by atoms with E-state index in [2.05, 4.69) is 15.3 Å². The Morgan fingerprint density at radius 2 is 1.96 bits per heavy atom. The van der Waals surface area contributed by atoms with E-state index in [0.717, 1.165) is 22.2 Å². The van der Waals surface area contributed by atoms with Crippen molar-refractivity contribution in [3.63, 3.8) is 0 Å². The highest BCUT2D eigenvalue weighted by Gasteiger charge is 2.09. The van der Waals surface area contributed by atoms with Gasteiger partial charge in [0.15, 0.2) is 5.76 Å². The Morgan fingerprint density at radius 3 is 2.63 bits per heavy atom. The van der Waals surface area contributed by atoms with E-state index < -0.39 is 0 Å². The van der Waals surface area contributed by atoms with E-state index in [1.165, 1.54) is 0 Å². The van der Waals surface area contributed by atoms with Crippen LogP contribution >= 0.6 is 11.6 Å². The smallest absolute Gasteiger partial charge is 0.299 e. The van der Waals surface area contributed by atoms with E-state index in [0.29, 0.717) is 11.8 Å². The molecule has 1 atom stereocenters. The summed E-state index contributed by atoms with van der Waals surface area (Å²) >= 11 is 5.95. The minimum Gasteiger partial charge on any atom is -0.423 e. The average molecular weight is 388 g/mol. The third-order valence-electron chi connectivity index (χ3n) is 3.48. The molecule has 2 aromatic heterocycles. The molecule has 0 amide bonds. The number of H-pyrrole nitrogens is 1. The highest BCUT2D eigenvalue weighted by molar-refractivity contribution is 6.21. The summed E-state index contributed by atoms with van der Waals surface area (Å²) in [4.78, 5) is 7.49. The summed E-state index contributed by atoms with van der Waals surface area (Å²) in [6.07, 6.45) is 9.43. The van der Waals surface area contributed by atoms with Gasteiger partial charge in [-0.25, -0.2) is 4.98 Å². The van der Waals surface area contributed by atoms with Crippen LogP contribution in [0.4, 0.5) is 11.7 Å². The highest BCUT2D eigenvalue weighted by atomic mass is 35.5. The molecule has 0 bridgehead atoms. The predicted octanol–water partition coefficient (Wildman–Crippen LogP) is 7.54. The molecule has 1 unspecified atom stereocenters. The van der Waals surface area contributed by atoms with Gasteiger partial charge in [0, 0.05) is 28.0 Å². The Hall–Kier alpha value is -2.46. The zero-order valence-corrected chi connectivity index (χ0v) is 17.8. The summed E-state index contributed by atoms with van der Waals surface area (Å²) in [5.74, 6) is 0.699. The molecule has 0 aliphatic heterocycles. The van der Waals surface area contributed by atoms with Crippen LogP contribution in [-0.4, -0.2) is 15.3 Å². The quantitative estimate of drug-likeness (QED) is 0.351. The van der Waals surface area contributed by atoms with Crippen LogP contribution in [0.5, 0.6) is 0 Å². The topological polar surface area (TPSA) is 53.9 Å². The van der Waals surface area contributed by atoms with E-state index in [1.807, 2.05) is 90.2 Å². The number of aromatic nitrogens is 2. The van der Waals surface area contributed by atoms with Crippen LogP contribution in [0, 0.1) is 0 Å². The van der Waals surface area contributed by atoms with Crippen LogP contribution in [0.3, 0.4) is 0 Å². The minimum atomic E-state index is -0.0309. The summed E-state index contributed by atoms with van der Waals surface area (Å²) in [5.41, 5.74) is 2.96. The molecule has 0 fully saturated rings. The first-order chi connectivity index (χ1) is 13.2. The van der Waals surface area contributed by atoms with Gasteiger partial charge < -0.3 is 14.7 Å². The van der Waals surface area contributed by atoms with E-state index in [9.17, 15) is 0 Å². The molecule has 146 valence electrons. The first-order valence-corrected chi connectivity index (χ1v) is 9.89. The van der Waals surface area contributed by atoms with E-state index in [1.54, 1.807) is 6.20 Å². The normalized spacial score (nSPS) is 12.2. The van der Waals surface area contributed by atoms with Gasteiger partial charge in [0.1, 0.15) is 0 Å². The van der Waals surface area contributed by atoms with Gasteiger partial charge in [0.25, 0.3) is 6.01 Å². The minimum absolute atomic E-state index is 0.0309. The van der Waals surface area contributed by atoms with Crippen molar-refractivity contribution in [2.24, 2.45) is 0 Å². The number of rotatable bonds is 5. The molecule has 1 aromatic carbocycles. The van der Waals surface area contributed by atoms with Crippen molar-refractivity contribution in [3.05, 3.63) is 60.6 Å². The molecule has 0 spiro atoms. The van der Waals surface area contributed by atoms with Gasteiger partial charge in [-0.05, 0) is 32.0 Å². The number of halogens is 1. The van der Waals surface area contributed by atoms with Crippen molar-refractivity contribution in [3.8, 4) is 0 Å². The highest BCUT2D eigenvalue weighted by Crippen LogP contribution is 2.27. The number of anilines is 2. The van der Waals surface area contributed by atoms with Crippen molar-refractivity contribution < 1.29 is 4.42 Å². The Labute approximate surface area is 167 Å². The number of oxazole rings is 1. The van der Waals surface area contributed by atoms with Gasteiger partial charge in [0.2, 0.25) is 0 Å². The zero-order valence-electron chi connectivity index (χ0n) is 17.0. The first-order valence-electron chi connectivity index (χ1n) is 9.45. The Balaban J connectivity index is 0.000000855. The third kappa shape index (κ3) is 6.33. The molecular formula is C22H30ClN3O. The number of hydrogen-bond donors (Lipinski definition) is 2. The van der Waals surface area contributed by atoms with Crippen LogP contribution in [-0.2, 0) is 0 Å². The van der Waals surface area contributed by atoms with E-state index >= 15 is 0 Å². The van der Waals surface area contributed by atoms with Gasteiger partial charge in [0.05, 0.1) is 11.9 Å². The number of aromatic amines is 1. The van der Waals surface area contributed by atoms with Gasteiger partial charge >= 0.3 is 0 Å². The van der Waals surface area contributed by atoms with Crippen LogP contribution in [0.15, 0.2) is 59.3 Å². The van der Waals surface area contributed by atoms with E-state index in [-0.39, 0.29) is 5.38 Å². The van der Waals surface area contributed by atoms with Crippen LogP contribution in [0.2, 0.25) is 0 Å². The number of nitrogens with one attached hydrogen (secondary N) is 2. The van der Waals surface area contributed by atoms with Gasteiger partial charge in [-0.3, -0.25) is 0 Å². The van der Waals surface area contributed by atoms with Gasteiger partial charge in [-0.15, -0.1) is 11.6 Å². The molecule has 4 nitrogen and oxygen atoms in total. The fourth-order valence-corrected chi connectivity index (χ4v) is 2.40. The maximum Gasteiger partial charge on any atom is 0.299 e. The second-order valence-corrected chi connectivity index (χ2v) is 5.87. The first kappa shape index (κ1) is 22.6. The zero-order chi connectivity index (χ0) is 20.2. The number of nitrogens with zero attached hydrogens (tertiary/aromatic N) is 1. The summed E-state index contributed by atoms with van der Waals surface area (Å²) < 4.78 is 5.80. The maximum atomic E-state index is 5.95. The molecule has 3 aromatic rings. The number of benzene rings is 1. The molecule has 0 aliphatic carbocycles. The predicted molar refractivity (Wildman–Crippen MR) is 119 cm³/mol. The van der Waals surface area contributed by atoms with Crippen LogP contribution in [0.25, 0.3) is 16.5 Å². The molecular weight excluding hydrogens is 358 g/mol. The fraction of sp³-hybridized carbons (Fsp3) is 0.318. The van der Waals surface area contributed by atoms with Crippen LogP contribution in [0.1, 0.15) is 47.3 Å². The third-order valence-corrected chi connectivity index (χ3v) is 3.62. The fourth-order valence-electron chi connectivity index (χ4n) is 2.33. The molecule has 3 rings (SSSR count). The van der Waals surface area contributed by atoms with Gasteiger partial charge in [-0.2, -0.15) is 0 Å².